The van der Waals surface area contributed by atoms with Crippen molar-refractivity contribution in [3.63, 3.8) is 0 Å². The molecule has 0 bridgehead atoms. The summed E-state index contributed by atoms with van der Waals surface area (Å²) < 4.78 is 33.7. The Labute approximate surface area is 158 Å². The number of esters is 1. The van der Waals surface area contributed by atoms with Crippen LogP contribution in [0.3, 0.4) is 0 Å². The normalized spacial score (nSPS) is 19.7. The van der Waals surface area contributed by atoms with Crippen LogP contribution in [0.5, 0.6) is 0 Å². The fourth-order valence-corrected chi connectivity index (χ4v) is 4.87. The largest absolute Gasteiger partial charge is 0.464 e. The number of carbonyl (C=O) groups excluding carboxylic acids is 2. The van der Waals surface area contributed by atoms with Crippen LogP contribution < -0.4 is 5.32 Å². The van der Waals surface area contributed by atoms with E-state index in [1.54, 1.807) is 0 Å². The molecular weight excluding hydrogens is 370 g/mol. The maximum absolute atomic E-state index is 12.2. The Morgan fingerprint density at radius 3 is 2.74 bits per heavy atom. The van der Waals surface area contributed by atoms with E-state index in [1.807, 2.05) is 26.0 Å². The van der Waals surface area contributed by atoms with Crippen molar-refractivity contribution < 1.29 is 27.2 Å². The first-order valence-corrected chi connectivity index (χ1v) is 10.6. The van der Waals surface area contributed by atoms with Crippen molar-refractivity contribution in [2.75, 3.05) is 11.5 Å². The molecule has 1 N–H and O–H groups in total. The second kappa shape index (κ2) is 7.34. The molecule has 2 atom stereocenters. The molecule has 27 heavy (non-hydrogen) atoms. The smallest absolute Gasteiger partial charge is 0.311 e. The summed E-state index contributed by atoms with van der Waals surface area (Å²) in [5.41, 5.74) is 3.57. The van der Waals surface area contributed by atoms with E-state index >= 15 is 0 Å². The van der Waals surface area contributed by atoms with Crippen LogP contribution in [0, 0.1) is 13.8 Å². The highest BCUT2D eigenvalue weighted by molar-refractivity contribution is 7.91. The van der Waals surface area contributed by atoms with E-state index < -0.39 is 33.9 Å². The van der Waals surface area contributed by atoms with Crippen LogP contribution >= 0.6 is 0 Å². The lowest BCUT2D eigenvalue weighted by molar-refractivity contribution is -0.154. The zero-order chi connectivity index (χ0) is 19.8. The monoisotopic (exact) mass is 393 g/mol. The van der Waals surface area contributed by atoms with Crippen molar-refractivity contribution in [3.05, 3.63) is 35.1 Å². The zero-order valence-electron chi connectivity index (χ0n) is 15.6. The van der Waals surface area contributed by atoms with Gasteiger partial charge >= 0.3 is 5.97 Å². The van der Waals surface area contributed by atoms with Gasteiger partial charge in [-0.2, -0.15) is 0 Å². The van der Waals surface area contributed by atoms with Gasteiger partial charge in [0.25, 0.3) is 5.91 Å². The highest BCUT2D eigenvalue weighted by Crippen LogP contribution is 2.27. The molecule has 1 amide bonds. The van der Waals surface area contributed by atoms with Gasteiger partial charge in [0.2, 0.25) is 0 Å². The molecule has 0 unspecified atom stereocenters. The number of sulfone groups is 1. The molecule has 0 radical (unpaired) electrons. The Morgan fingerprint density at radius 1 is 1.33 bits per heavy atom. The molecule has 1 aliphatic heterocycles. The minimum absolute atomic E-state index is 0.00900. The fraction of sp³-hybridized carbons (Fsp3) is 0.474. The standard InChI is InChI=1S/C19H23NO6S/c1-11-4-5-16-14(9-25-18(16)12(11)2)8-17(21)26-13(3)19(22)20-15-6-7-27(23,24)10-15/h4-5,9,13,15H,6-8,10H2,1-3H3,(H,20,22)/t13-,15-/m1/s1. The summed E-state index contributed by atoms with van der Waals surface area (Å²) >= 11 is 0. The number of nitrogens with one attached hydrogen (secondary N) is 1. The van der Waals surface area contributed by atoms with Gasteiger partial charge in [-0.1, -0.05) is 12.1 Å². The molecule has 1 aromatic heterocycles. The number of furan rings is 1. The van der Waals surface area contributed by atoms with Gasteiger partial charge in [-0.25, -0.2) is 8.42 Å². The summed E-state index contributed by atoms with van der Waals surface area (Å²) in [7, 11) is -3.08. The Kier molecular flexibility index (Phi) is 5.28. The van der Waals surface area contributed by atoms with Crippen LogP contribution in [0.4, 0.5) is 0 Å². The number of rotatable bonds is 5. The summed E-state index contributed by atoms with van der Waals surface area (Å²) in [5, 5.41) is 3.48. The third-order valence-corrected chi connectivity index (χ3v) is 6.70. The molecule has 3 rings (SSSR count). The van der Waals surface area contributed by atoms with Gasteiger partial charge in [0.15, 0.2) is 15.9 Å². The van der Waals surface area contributed by atoms with Crippen LogP contribution in [0.2, 0.25) is 0 Å². The molecule has 0 saturated carbocycles. The van der Waals surface area contributed by atoms with Crippen molar-refractivity contribution in [2.24, 2.45) is 0 Å². The van der Waals surface area contributed by atoms with E-state index in [0.29, 0.717) is 12.0 Å². The zero-order valence-corrected chi connectivity index (χ0v) is 16.4. The molecule has 1 aliphatic rings. The first kappa shape index (κ1) is 19.4. The van der Waals surface area contributed by atoms with Gasteiger partial charge in [0, 0.05) is 17.0 Å². The molecule has 0 aliphatic carbocycles. The number of ether oxygens (including phenoxy) is 1. The van der Waals surface area contributed by atoms with Gasteiger partial charge in [0.05, 0.1) is 24.2 Å². The highest BCUT2D eigenvalue weighted by atomic mass is 32.2. The lowest BCUT2D eigenvalue weighted by Crippen LogP contribution is -2.42. The summed E-state index contributed by atoms with van der Waals surface area (Å²) in [4.78, 5) is 24.4. The molecule has 1 aromatic carbocycles. The summed E-state index contributed by atoms with van der Waals surface area (Å²) in [5.74, 6) is -1.04. The van der Waals surface area contributed by atoms with E-state index in [4.69, 9.17) is 9.15 Å². The van der Waals surface area contributed by atoms with Crippen LogP contribution in [-0.4, -0.2) is 43.9 Å². The van der Waals surface area contributed by atoms with Gasteiger partial charge in [0.1, 0.15) is 5.58 Å². The summed E-state index contributed by atoms with van der Waals surface area (Å²) in [6.07, 6.45) is 0.911. The van der Waals surface area contributed by atoms with E-state index in [-0.39, 0.29) is 17.9 Å². The molecule has 1 fully saturated rings. The number of aryl methyl sites for hydroxylation is 2. The van der Waals surface area contributed by atoms with Gasteiger partial charge < -0.3 is 14.5 Å². The number of fused-ring (bicyclic) bond motifs is 1. The third-order valence-electron chi connectivity index (χ3n) is 4.93. The topological polar surface area (TPSA) is 103 Å². The fourth-order valence-electron chi connectivity index (χ4n) is 3.20. The van der Waals surface area contributed by atoms with Crippen molar-refractivity contribution in [3.8, 4) is 0 Å². The molecule has 1 saturated heterocycles. The maximum Gasteiger partial charge on any atom is 0.311 e. The van der Waals surface area contributed by atoms with Crippen LogP contribution in [0.15, 0.2) is 22.8 Å². The molecule has 146 valence electrons. The Bertz CT molecular complexity index is 991. The van der Waals surface area contributed by atoms with E-state index in [0.717, 1.165) is 22.1 Å². The molecule has 0 spiro atoms. The Morgan fingerprint density at radius 2 is 2.07 bits per heavy atom. The lowest BCUT2D eigenvalue weighted by atomic mass is 10.0. The van der Waals surface area contributed by atoms with E-state index in [9.17, 15) is 18.0 Å². The molecule has 8 heteroatoms. The van der Waals surface area contributed by atoms with Gasteiger partial charge in [-0.15, -0.1) is 0 Å². The molecule has 2 aromatic rings. The van der Waals surface area contributed by atoms with E-state index in [1.165, 1.54) is 13.2 Å². The van der Waals surface area contributed by atoms with Crippen LogP contribution in [0.25, 0.3) is 11.0 Å². The number of amides is 1. The second-order valence-corrected chi connectivity index (χ2v) is 9.29. The summed E-state index contributed by atoms with van der Waals surface area (Å²) in [6.45, 7) is 5.41. The molecular formula is C19H23NO6S. The van der Waals surface area contributed by atoms with Crippen molar-refractivity contribution >= 4 is 32.7 Å². The lowest BCUT2D eigenvalue weighted by Gasteiger charge is -2.16. The Balaban J connectivity index is 1.59. The predicted octanol–water partition coefficient (Wildman–Crippen LogP) is 1.83. The third kappa shape index (κ3) is 4.32. The number of hydrogen-bond donors (Lipinski definition) is 1. The van der Waals surface area contributed by atoms with Crippen molar-refractivity contribution in [1.29, 1.82) is 0 Å². The maximum atomic E-state index is 12.2. The number of benzene rings is 1. The minimum Gasteiger partial charge on any atom is -0.464 e. The minimum atomic E-state index is -3.08. The van der Waals surface area contributed by atoms with Gasteiger partial charge in [-0.05, 0) is 38.3 Å². The molecule has 7 nitrogen and oxygen atoms in total. The highest BCUT2D eigenvalue weighted by Gasteiger charge is 2.30. The average molecular weight is 393 g/mol. The van der Waals surface area contributed by atoms with Crippen molar-refractivity contribution in [1.82, 2.24) is 5.32 Å². The second-order valence-electron chi connectivity index (χ2n) is 7.06. The molecule has 2 heterocycles. The van der Waals surface area contributed by atoms with Crippen LogP contribution in [0.1, 0.15) is 30.0 Å². The quantitative estimate of drug-likeness (QED) is 0.778. The Hall–Kier alpha value is -2.35. The first-order valence-electron chi connectivity index (χ1n) is 8.83. The predicted molar refractivity (Wildman–Crippen MR) is 100 cm³/mol. The van der Waals surface area contributed by atoms with Crippen LogP contribution in [-0.2, 0) is 30.6 Å². The van der Waals surface area contributed by atoms with Crippen molar-refractivity contribution in [2.45, 2.75) is 45.8 Å². The first-order chi connectivity index (χ1) is 12.7. The van der Waals surface area contributed by atoms with Gasteiger partial charge in [-0.3, -0.25) is 9.59 Å². The summed E-state index contributed by atoms with van der Waals surface area (Å²) in [6, 6.07) is 3.45. The number of hydrogen-bond acceptors (Lipinski definition) is 6. The SMILES string of the molecule is Cc1ccc2c(CC(=O)O[C@H](C)C(=O)N[C@@H]3CCS(=O)(=O)C3)coc2c1C. The number of carbonyl (C=O) groups is 2. The average Bonchev–Trinajstić information content (AvgIpc) is 3.14. The van der Waals surface area contributed by atoms with E-state index in [2.05, 4.69) is 5.32 Å².